The van der Waals surface area contributed by atoms with Crippen molar-refractivity contribution < 1.29 is 19.0 Å². The Kier molecular flexibility index (Phi) is 4.41. The van der Waals surface area contributed by atoms with E-state index >= 15 is 0 Å². The summed E-state index contributed by atoms with van der Waals surface area (Å²) in [7, 11) is 1.54. The van der Waals surface area contributed by atoms with Crippen LogP contribution < -0.4 is 4.74 Å². The van der Waals surface area contributed by atoms with Gasteiger partial charge in [-0.1, -0.05) is 0 Å². The zero-order valence-electron chi connectivity index (χ0n) is 14.0. The highest BCUT2D eigenvalue weighted by Crippen LogP contribution is 2.36. The largest absolute Gasteiger partial charge is 0.480 e. The number of carbonyl (C=O) groups is 1. The molecule has 0 spiro atoms. The van der Waals surface area contributed by atoms with E-state index in [0.717, 1.165) is 25.4 Å². The van der Waals surface area contributed by atoms with Gasteiger partial charge in [-0.2, -0.15) is 0 Å². The maximum atomic E-state index is 13.0. The van der Waals surface area contributed by atoms with Gasteiger partial charge in [0, 0.05) is 19.3 Å². The van der Waals surface area contributed by atoms with Crippen LogP contribution in [0.3, 0.4) is 0 Å². The van der Waals surface area contributed by atoms with Crippen LogP contribution in [0.15, 0.2) is 18.3 Å². The normalized spacial score (nSPS) is 29.4. The van der Waals surface area contributed by atoms with Gasteiger partial charge < -0.3 is 19.1 Å². The van der Waals surface area contributed by atoms with E-state index in [1.54, 1.807) is 25.4 Å². The molecule has 1 saturated heterocycles. The van der Waals surface area contributed by atoms with Crippen LogP contribution in [-0.2, 0) is 9.47 Å². The molecular formula is C18H24N2O4. The summed E-state index contributed by atoms with van der Waals surface area (Å²) in [6.45, 7) is 1.99. The number of pyridine rings is 1. The number of carbonyl (C=O) groups excluding carboxylic acids is 1. The topological polar surface area (TPSA) is 60.9 Å². The third-order valence-corrected chi connectivity index (χ3v) is 5.23. The summed E-state index contributed by atoms with van der Waals surface area (Å²) >= 11 is 0. The van der Waals surface area contributed by atoms with Crippen LogP contribution in [0.5, 0.6) is 5.88 Å². The van der Waals surface area contributed by atoms with Crippen LogP contribution in [0.4, 0.5) is 0 Å². The lowest BCUT2D eigenvalue weighted by Crippen LogP contribution is -2.54. The molecule has 4 rings (SSSR count). The second kappa shape index (κ2) is 6.69. The third-order valence-electron chi connectivity index (χ3n) is 5.23. The van der Waals surface area contributed by atoms with E-state index in [9.17, 15) is 4.79 Å². The Balaban J connectivity index is 1.48. The molecule has 0 radical (unpaired) electrons. The first-order valence-electron chi connectivity index (χ1n) is 8.81. The molecule has 2 aliphatic carbocycles. The molecule has 6 nitrogen and oxygen atoms in total. The van der Waals surface area contributed by atoms with Crippen molar-refractivity contribution in [3.63, 3.8) is 0 Å². The SMILES string of the molecule is COc1ncccc1C(=O)N1CCO[C@H]2[C@@H](OCC3CC3)CC[C@@H]21. The maximum absolute atomic E-state index is 13.0. The third kappa shape index (κ3) is 3.00. The number of hydrogen-bond donors (Lipinski definition) is 0. The van der Waals surface area contributed by atoms with Gasteiger partial charge in [0.15, 0.2) is 0 Å². The number of ether oxygens (including phenoxy) is 3. The Labute approximate surface area is 142 Å². The highest BCUT2D eigenvalue weighted by atomic mass is 16.5. The Hall–Kier alpha value is -1.66. The minimum absolute atomic E-state index is 0.0101. The number of methoxy groups -OCH3 is 1. The molecule has 0 unspecified atom stereocenters. The number of hydrogen-bond acceptors (Lipinski definition) is 5. The van der Waals surface area contributed by atoms with E-state index in [1.807, 2.05) is 4.90 Å². The molecule has 3 aliphatic rings. The van der Waals surface area contributed by atoms with Gasteiger partial charge in [0.1, 0.15) is 11.7 Å². The predicted octanol–water partition coefficient (Wildman–Crippen LogP) is 1.89. The summed E-state index contributed by atoms with van der Waals surface area (Å²) in [5, 5.41) is 0. The molecule has 2 saturated carbocycles. The molecule has 6 heteroatoms. The Morgan fingerprint density at radius 3 is 3.04 bits per heavy atom. The minimum atomic E-state index is -0.0268. The van der Waals surface area contributed by atoms with Crippen molar-refractivity contribution in [2.45, 2.75) is 43.9 Å². The van der Waals surface area contributed by atoms with Crippen molar-refractivity contribution in [3.8, 4) is 5.88 Å². The summed E-state index contributed by atoms with van der Waals surface area (Å²) in [6.07, 6.45) is 6.19. The highest BCUT2D eigenvalue weighted by molar-refractivity contribution is 5.96. The second-order valence-electron chi connectivity index (χ2n) is 6.85. The number of nitrogens with zero attached hydrogens (tertiary/aromatic N) is 2. The first-order chi connectivity index (χ1) is 11.8. The molecule has 24 heavy (non-hydrogen) atoms. The van der Waals surface area contributed by atoms with E-state index < -0.39 is 0 Å². The fraction of sp³-hybridized carbons (Fsp3) is 0.667. The molecule has 1 aliphatic heterocycles. The second-order valence-corrected chi connectivity index (χ2v) is 6.85. The van der Waals surface area contributed by atoms with Crippen LogP contribution in [0, 0.1) is 5.92 Å². The minimum Gasteiger partial charge on any atom is -0.480 e. The van der Waals surface area contributed by atoms with Crippen molar-refractivity contribution in [2.75, 3.05) is 26.9 Å². The van der Waals surface area contributed by atoms with Crippen LogP contribution >= 0.6 is 0 Å². The van der Waals surface area contributed by atoms with E-state index in [-0.39, 0.29) is 24.2 Å². The molecule has 0 N–H and O–H groups in total. The average molecular weight is 332 g/mol. The average Bonchev–Trinajstić information content (AvgIpc) is 3.37. The first kappa shape index (κ1) is 15.8. The lowest BCUT2D eigenvalue weighted by Gasteiger charge is -2.39. The zero-order valence-corrected chi connectivity index (χ0v) is 14.0. The first-order valence-corrected chi connectivity index (χ1v) is 8.81. The van der Waals surface area contributed by atoms with Crippen LogP contribution in [0.25, 0.3) is 0 Å². The van der Waals surface area contributed by atoms with Gasteiger partial charge in [0.05, 0.1) is 25.9 Å². The molecule has 2 heterocycles. The highest BCUT2D eigenvalue weighted by Gasteiger charge is 2.45. The van der Waals surface area contributed by atoms with Gasteiger partial charge in [-0.25, -0.2) is 4.98 Å². The Bertz CT molecular complexity index is 604. The quantitative estimate of drug-likeness (QED) is 0.824. The van der Waals surface area contributed by atoms with Gasteiger partial charge in [-0.3, -0.25) is 4.79 Å². The molecule has 0 aromatic carbocycles. The lowest BCUT2D eigenvalue weighted by atomic mass is 10.1. The van der Waals surface area contributed by atoms with Crippen molar-refractivity contribution in [1.29, 1.82) is 0 Å². The molecule has 3 fully saturated rings. The Morgan fingerprint density at radius 1 is 1.38 bits per heavy atom. The summed E-state index contributed by atoms with van der Waals surface area (Å²) in [6, 6.07) is 3.62. The summed E-state index contributed by atoms with van der Waals surface area (Å²) in [4.78, 5) is 19.1. The monoisotopic (exact) mass is 332 g/mol. The molecular weight excluding hydrogens is 308 g/mol. The summed E-state index contributed by atoms with van der Waals surface area (Å²) in [5.41, 5.74) is 0.517. The molecule has 130 valence electrons. The summed E-state index contributed by atoms with van der Waals surface area (Å²) in [5.74, 6) is 1.09. The number of aromatic nitrogens is 1. The lowest BCUT2D eigenvalue weighted by molar-refractivity contribution is -0.106. The van der Waals surface area contributed by atoms with E-state index in [1.165, 1.54) is 12.8 Å². The van der Waals surface area contributed by atoms with Gasteiger partial charge in [0.2, 0.25) is 5.88 Å². The zero-order chi connectivity index (χ0) is 16.5. The summed E-state index contributed by atoms with van der Waals surface area (Å²) < 4.78 is 17.3. The van der Waals surface area contributed by atoms with Gasteiger partial charge in [0.25, 0.3) is 5.91 Å². The number of morpholine rings is 1. The van der Waals surface area contributed by atoms with Crippen molar-refractivity contribution >= 4 is 5.91 Å². The predicted molar refractivity (Wildman–Crippen MR) is 87.1 cm³/mol. The van der Waals surface area contributed by atoms with Gasteiger partial charge in [-0.05, 0) is 43.7 Å². The van der Waals surface area contributed by atoms with E-state index in [2.05, 4.69) is 4.98 Å². The van der Waals surface area contributed by atoms with Crippen molar-refractivity contribution in [1.82, 2.24) is 9.88 Å². The van der Waals surface area contributed by atoms with Crippen LogP contribution in [0.2, 0.25) is 0 Å². The molecule has 3 atom stereocenters. The van der Waals surface area contributed by atoms with Gasteiger partial charge >= 0.3 is 0 Å². The maximum Gasteiger partial charge on any atom is 0.259 e. The van der Waals surface area contributed by atoms with Gasteiger partial charge in [-0.15, -0.1) is 0 Å². The molecule has 1 aromatic rings. The standard InChI is InChI=1S/C18H24N2O4/c1-22-17-13(3-2-8-19-17)18(21)20-9-10-23-16-14(20)6-7-15(16)24-11-12-4-5-12/h2-3,8,12,14-16H,4-7,9-11H2,1H3/t14-,15-,16+/m0/s1. The van der Waals surface area contributed by atoms with E-state index in [4.69, 9.17) is 14.2 Å². The Morgan fingerprint density at radius 2 is 2.25 bits per heavy atom. The fourth-order valence-corrected chi connectivity index (χ4v) is 3.76. The van der Waals surface area contributed by atoms with Crippen molar-refractivity contribution in [2.24, 2.45) is 5.92 Å². The molecule has 1 aromatic heterocycles. The fourth-order valence-electron chi connectivity index (χ4n) is 3.76. The number of amides is 1. The van der Waals surface area contributed by atoms with Crippen LogP contribution in [-0.4, -0.2) is 60.9 Å². The molecule has 1 amide bonds. The number of rotatable bonds is 5. The van der Waals surface area contributed by atoms with Crippen molar-refractivity contribution in [3.05, 3.63) is 23.9 Å². The van der Waals surface area contributed by atoms with Crippen LogP contribution in [0.1, 0.15) is 36.0 Å². The van der Waals surface area contributed by atoms with E-state index in [0.29, 0.717) is 24.6 Å². The number of fused-ring (bicyclic) bond motifs is 1. The smallest absolute Gasteiger partial charge is 0.259 e. The molecule has 0 bridgehead atoms.